The number of esters is 1. The summed E-state index contributed by atoms with van der Waals surface area (Å²) >= 11 is 1.09. The topological polar surface area (TPSA) is 307 Å². The Labute approximate surface area is 469 Å². The molecule has 1 aliphatic rings. The molecule has 3 rings (SSSR count). The molecule has 0 radical (unpaired) electrons. The number of nitrogens with zero attached hydrogens (tertiary/aromatic N) is 4. The Morgan fingerprint density at radius 3 is 2.11 bits per heavy atom. The van der Waals surface area contributed by atoms with Crippen LogP contribution in [0.15, 0.2) is 35.7 Å². The number of carboxylic acid groups (broad SMARTS) is 1. The van der Waals surface area contributed by atoms with Crippen LogP contribution in [-0.4, -0.2) is 147 Å². The Hall–Kier alpha value is -6.39. The van der Waals surface area contributed by atoms with Crippen molar-refractivity contribution in [3.05, 3.63) is 52.0 Å². The van der Waals surface area contributed by atoms with Crippen LogP contribution in [0.3, 0.4) is 0 Å². The molecule has 2 heterocycles. The van der Waals surface area contributed by atoms with Gasteiger partial charge in [-0.25, -0.2) is 4.98 Å². The number of unbranched alkanes of at least 4 members (excludes halogenated alkanes) is 2. The van der Waals surface area contributed by atoms with Gasteiger partial charge < -0.3 is 41.5 Å². The number of hydrogen-bond acceptors (Lipinski definition) is 15. The Morgan fingerprint density at radius 2 is 1.52 bits per heavy atom. The van der Waals surface area contributed by atoms with Gasteiger partial charge in [0.05, 0.1) is 29.7 Å². The number of Topliss-reactive ketones (excluding diaryl/α,β-unsaturated/α-hetero) is 2. The zero-order valence-electron chi connectivity index (χ0n) is 48.2. The number of aromatic nitrogens is 1. The van der Waals surface area contributed by atoms with Crippen LogP contribution in [0.4, 0.5) is 5.69 Å². The minimum absolute atomic E-state index is 0.00305. The smallest absolute Gasteiger partial charge is 0.306 e. The van der Waals surface area contributed by atoms with Crippen LogP contribution in [0.1, 0.15) is 166 Å². The number of nitrogens with one attached hydrogen (secondary N) is 3. The predicted molar refractivity (Wildman–Crippen MR) is 298 cm³/mol. The maximum absolute atomic E-state index is 14.4. The number of likely N-dealkylation sites (N-methyl/N-ethyl adjacent to an activating group) is 1. The lowest BCUT2D eigenvalue weighted by molar-refractivity contribution is -0.368. The van der Waals surface area contributed by atoms with Gasteiger partial charge in [0.15, 0.2) is 17.7 Å². The number of ketones is 2. The zero-order valence-corrected chi connectivity index (χ0v) is 49.0. The first-order chi connectivity index (χ1) is 37.1. The Balaban J connectivity index is 1.70. The molecule has 438 valence electrons. The number of phenols is 1. The molecule has 79 heavy (non-hydrogen) atoms. The maximum atomic E-state index is 14.4. The van der Waals surface area contributed by atoms with Crippen LogP contribution >= 0.6 is 11.3 Å². The molecule has 6 amide bonds. The highest BCUT2D eigenvalue weighted by molar-refractivity contribution is 7.09. The van der Waals surface area contributed by atoms with E-state index in [-0.39, 0.29) is 110 Å². The minimum atomic E-state index is -1.09. The highest BCUT2D eigenvalue weighted by atomic mass is 32.1. The Bertz CT molecular complexity index is 2470. The van der Waals surface area contributed by atoms with E-state index in [0.29, 0.717) is 49.2 Å². The number of phenolic OH excluding ortho intramolecular Hbond substituents is 1. The van der Waals surface area contributed by atoms with E-state index in [0.717, 1.165) is 22.7 Å². The second-order valence-electron chi connectivity index (χ2n) is 21.9. The molecule has 0 saturated carbocycles. The molecule has 21 nitrogen and oxygen atoms in total. The van der Waals surface area contributed by atoms with Gasteiger partial charge in [0.25, 0.3) is 17.7 Å². The monoisotopic (exact) mass is 1120 g/mol. The molecular weight excluding hydrogens is 1040 g/mol. The number of anilines is 1. The number of amides is 6. The normalized spacial score (nSPS) is 15.2. The van der Waals surface area contributed by atoms with Crippen molar-refractivity contribution in [3.63, 3.8) is 0 Å². The summed E-state index contributed by atoms with van der Waals surface area (Å²) in [4.78, 5) is 139. The molecule has 0 aliphatic carbocycles. The maximum Gasteiger partial charge on any atom is 0.306 e. The summed E-state index contributed by atoms with van der Waals surface area (Å²) in [5.74, 6) is -6.36. The summed E-state index contributed by atoms with van der Waals surface area (Å²) in [5.41, 5.74) is 3.68. The van der Waals surface area contributed by atoms with Gasteiger partial charge in [-0.05, 0) is 109 Å². The largest absolute Gasteiger partial charge is 0.506 e. The number of quaternary nitrogens is 1. The van der Waals surface area contributed by atoms with E-state index >= 15 is 0 Å². The summed E-state index contributed by atoms with van der Waals surface area (Å²) in [7, 11) is 5.35. The third-order valence-electron chi connectivity index (χ3n) is 15.0. The molecule has 0 fully saturated rings. The van der Waals surface area contributed by atoms with Crippen molar-refractivity contribution in [1.82, 2.24) is 30.3 Å². The predicted octanol–water partition coefficient (Wildman–Crippen LogP) is 5.41. The summed E-state index contributed by atoms with van der Waals surface area (Å²) in [6.45, 7) is 15.0. The molecule has 8 N–H and O–H groups in total. The number of aromatic hydroxyl groups is 1. The molecule has 0 spiro atoms. The van der Waals surface area contributed by atoms with Crippen LogP contribution in [0.2, 0.25) is 0 Å². The number of aliphatic carboxylic acids is 1. The van der Waals surface area contributed by atoms with Crippen molar-refractivity contribution >= 4 is 76.0 Å². The van der Waals surface area contributed by atoms with Gasteiger partial charge in [-0.3, -0.25) is 57.7 Å². The van der Waals surface area contributed by atoms with Crippen molar-refractivity contribution in [2.24, 2.45) is 23.7 Å². The quantitative estimate of drug-likeness (QED) is 0.0215. The number of carboxylic acids is 1. The van der Waals surface area contributed by atoms with Gasteiger partial charge in [0.1, 0.15) is 16.5 Å². The SMILES string of the molecule is CC[C@H](C)[C@H](CC(=O)C(C)(C)N(C)C)C(=O)N(C)[C@H](C[C@@H](OC(C)=O)c1nc(C(=O)N[C@@H](Cc2ccc(O)c(NC(=O)CCCCC(=O)[C@H](CCCC[NH3+])NC(=O)CCCN3C(=O)C=CC3=O)c2)CC(C)C(=O)O)cs1)C(C)C. The van der Waals surface area contributed by atoms with Crippen LogP contribution in [0.25, 0.3) is 0 Å². The fourth-order valence-corrected chi connectivity index (χ4v) is 10.0. The number of ether oxygens (including phenoxy) is 1. The fourth-order valence-electron chi connectivity index (χ4n) is 9.18. The van der Waals surface area contributed by atoms with Crippen LogP contribution in [0.5, 0.6) is 5.75 Å². The van der Waals surface area contributed by atoms with Gasteiger partial charge in [-0.1, -0.05) is 47.1 Å². The lowest BCUT2D eigenvalue weighted by atomic mass is 9.81. The van der Waals surface area contributed by atoms with Gasteiger partial charge in [0.2, 0.25) is 17.7 Å². The minimum Gasteiger partial charge on any atom is -0.506 e. The number of hydrogen-bond donors (Lipinski definition) is 6. The molecule has 0 saturated heterocycles. The molecule has 22 heteroatoms. The second-order valence-corrected chi connectivity index (χ2v) is 22.8. The van der Waals surface area contributed by atoms with Crippen LogP contribution < -0.4 is 21.7 Å². The van der Waals surface area contributed by atoms with E-state index in [1.165, 1.54) is 43.5 Å². The summed E-state index contributed by atoms with van der Waals surface area (Å²) < 4.78 is 5.81. The van der Waals surface area contributed by atoms with Crippen LogP contribution in [-0.2, 0) is 54.3 Å². The van der Waals surface area contributed by atoms with E-state index in [2.05, 4.69) is 26.7 Å². The molecular formula is C57H87N8O13S+. The van der Waals surface area contributed by atoms with Crippen LogP contribution in [0, 0.1) is 23.7 Å². The second kappa shape index (κ2) is 32.0. The standard InChI is InChI=1S/C57H86N8O13S/c1-12-35(4)40(31-48(69)57(7,8)63(9)10)55(75)64(11)44(34(2)3)32-47(78-37(6)66)54-62-43(33-79-54)53(74)59-39(28-36(5)56(76)77)29-38-22-23-46(68)42(30-38)61-49(70)20-14-13-19-45(67)41(18-15-16-26-58)60-50(71)21-17-27-65-51(72)24-25-52(65)73/h22-25,30,33-36,39-41,44,47,68H,12-21,26-29,31-32,58H2,1-11H3,(H,59,74)(H,60,71)(H,61,70)(H,76,77)/p+1/t35-,36?,39+,40-,41-,44+,47+/m0/s1. The first-order valence-corrected chi connectivity index (χ1v) is 28.4. The van der Waals surface area contributed by atoms with Gasteiger partial charge in [0, 0.05) is 88.2 Å². The van der Waals surface area contributed by atoms with E-state index in [9.17, 15) is 58.2 Å². The van der Waals surface area contributed by atoms with Crippen molar-refractivity contribution in [1.29, 1.82) is 0 Å². The van der Waals surface area contributed by atoms with E-state index in [1.54, 1.807) is 18.0 Å². The third kappa shape index (κ3) is 21.0. The molecule has 1 aromatic carbocycles. The average molecular weight is 1120 g/mol. The highest BCUT2D eigenvalue weighted by Crippen LogP contribution is 2.34. The van der Waals surface area contributed by atoms with Gasteiger partial charge >= 0.3 is 11.9 Å². The lowest BCUT2D eigenvalue weighted by Gasteiger charge is -2.38. The zero-order chi connectivity index (χ0) is 59.3. The number of thiazole rings is 1. The summed E-state index contributed by atoms with van der Waals surface area (Å²) in [5, 5.41) is 30.8. The first kappa shape index (κ1) is 66.9. The number of carbonyl (C=O) groups is 10. The number of imide groups is 1. The number of benzene rings is 1. The van der Waals surface area contributed by atoms with E-state index in [4.69, 9.17) is 4.74 Å². The number of carbonyl (C=O) groups excluding carboxylic acids is 9. The Morgan fingerprint density at radius 1 is 0.873 bits per heavy atom. The number of rotatable bonds is 36. The molecule has 1 aliphatic heterocycles. The Kier molecular flexibility index (Phi) is 27.1. The fraction of sp³-hybridized carbons (Fsp3) is 0.632. The molecule has 1 aromatic heterocycles. The molecule has 2 aromatic rings. The van der Waals surface area contributed by atoms with Crippen molar-refractivity contribution < 1.29 is 68.6 Å². The van der Waals surface area contributed by atoms with E-state index < -0.39 is 77.2 Å². The summed E-state index contributed by atoms with van der Waals surface area (Å²) in [6.07, 6.45) is 5.24. The average Bonchev–Trinajstić information content (AvgIpc) is 4.03. The molecule has 1 unspecified atom stereocenters. The van der Waals surface area contributed by atoms with Crippen molar-refractivity contribution in [3.8, 4) is 5.75 Å². The van der Waals surface area contributed by atoms with Gasteiger partial charge in [-0.15, -0.1) is 11.3 Å². The highest BCUT2D eigenvalue weighted by Gasteiger charge is 2.39. The van der Waals surface area contributed by atoms with Crippen molar-refractivity contribution in [2.45, 2.75) is 175 Å². The molecule has 7 atom stereocenters. The third-order valence-corrected chi connectivity index (χ3v) is 15.9. The first-order valence-electron chi connectivity index (χ1n) is 27.5. The summed E-state index contributed by atoms with van der Waals surface area (Å²) in [6, 6.07) is 2.52. The van der Waals surface area contributed by atoms with Gasteiger partial charge in [-0.2, -0.15) is 0 Å². The van der Waals surface area contributed by atoms with Crippen molar-refractivity contribution in [2.75, 3.05) is 39.5 Å². The molecule has 0 bridgehead atoms. The van der Waals surface area contributed by atoms with E-state index in [1.807, 2.05) is 60.5 Å². The lowest BCUT2D eigenvalue weighted by Crippen LogP contribution is -2.50.